The van der Waals surface area contributed by atoms with Gasteiger partial charge in [-0.2, -0.15) is 0 Å². The zero-order valence-corrected chi connectivity index (χ0v) is 23.3. The predicted molar refractivity (Wildman–Crippen MR) is 144 cm³/mol. The minimum atomic E-state index is -0.976. The SMILES string of the molecule is CC=CC(=O)NCCCC(CCCCCCCC)C(OCCCC)(OCCCC)OCCCC. The number of rotatable bonds is 25. The molecular weight excluding hydrogens is 426 g/mol. The molecule has 0 fully saturated rings. The lowest BCUT2D eigenvalue weighted by Gasteiger charge is -2.40. The first-order valence-electron chi connectivity index (χ1n) is 14.4. The van der Waals surface area contributed by atoms with Gasteiger partial charge < -0.3 is 19.5 Å². The summed E-state index contributed by atoms with van der Waals surface area (Å²) in [5.41, 5.74) is 0. The number of amides is 1. The van der Waals surface area contributed by atoms with Crippen molar-refractivity contribution in [2.24, 2.45) is 5.92 Å². The molecule has 0 rings (SSSR count). The van der Waals surface area contributed by atoms with Gasteiger partial charge in [-0.15, -0.1) is 0 Å². The van der Waals surface area contributed by atoms with Crippen molar-refractivity contribution in [2.75, 3.05) is 26.4 Å². The number of ether oxygens (including phenoxy) is 3. The summed E-state index contributed by atoms with van der Waals surface area (Å²) in [6.45, 7) is 13.3. The molecular formula is C29H57NO4. The standard InChI is InChI=1S/C29H57NO4/c1-6-11-15-16-17-18-21-27(22-19-23-30-28(31)20-10-5)29(32-24-12-7-2,33-25-13-8-3)34-26-14-9-4/h10,20,27H,6-9,11-19,21-26H2,1-5H3,(H,30,31). The lowest BCUT2D eigenvalue weighted by molar-refractivity contribution is -0.407. The third-order valence-electron chi connectivity index (χ3n) is 6.16. The lowest BCUT2D eigenvalue weighted by Crippen LogP contribution is -2.47. The average Bonchev–Trinajstić information content (AvgIpc) is 2.83. The van der Waals surface area contributed by atoms with Crippen LogP contribution in [-0.4, -0.2) is 38.2 Å². The van der Waals surface area contributed by atoms with E-state index in [-0.39, 0.29) is 11.8 Å². The summed E-state index contributed by atoms with van der Waals surface area (Å²) < 4.78 is 19.5. The molecule has 5 nitrogen and oxygen atoms in total. The molecule has 1 unspecified atom stereocenters. The fraction of sp³-hybridized carbons (Fsp3) is 0.897. The first kappa shape index (κ1) is 33.1. The van der Waals surface area contributed by atoms with Crippen molar-refractivity contribution in [3.63, 3.8) is 0 Å². The molecule has 0 aromatic heterocycles. The van der Waals surface area contributed by atoms with Gasteiger partial charge in [0, 0.05) is 12.5 Å². The van der Waals surface area contributed by atoms with E-state index in [0.29, 0.717) is 26.4 Å². The van der Waals surface area contributed by atoms with Gasteiger partial charge in [-0.3, -0.25) is 4.79 Å². The van der Waals surface area contributed by atoms with Gasteiger partial charge >= 0.3 is 0 Å². The highest BCUT2D eigenvalue weighted by Gasteiger charge is 2.42. The van der Waals surface area contributed by atoms with Crippen LogP contribution in [0.5, 0.6) is 0 Å². The molecule has 0 radical (unpaired) electrons. The summed E-state index contributed by atoms with van der Waals surface area (Å²) in [6.07, 6.45) is 20.0. The summed E-state index contributed by atoms with van der Waals surface area (Å²) in [5, 5.41) is 2.99. The Balaban J connectivity index is 5.41. The van der Waals surface area contributed by atoms with Crippen molar-refractivity contribution < 1.29 is 19.0 Å². The molecule has 0 aliphatic carbocycles. The van der Waals surface area contributed by atoms with E-state index < -0.39 is 5.97 Å². The van der Waals surface area contributed by atoms with Crippen molar-refractivity contribution in [1.82, 2.24) is 5.32 Å². The maximum atomic E-state index is 11.8. The second kappa shape index (κ2) is 23.8. The number of hydrogen-bond donors (Lipinski definition) is 1. The molecule has 1 atom stereocenters. The van der Waals surface area contributed by atoms with E-state index in [9.17, 15) is 4.79 Å². The maximum Gasteiger partial charge on any atom is 0.285 e. The number of hydrogen-bond acceptors (Lipinski definition) is 4. The highest BCUT2D eigenvalue weighted by Crippen LogP contribution is 2.35. The Hall–Kier alpha value is -0.910. The molecule has 0 aromatic rings. The molecule has 0 spiro atoms. The van der Waals surface area contributed by atoms with Gasteiger partial charge in [0.25, 0.3) is 5.97 Å². The quantitative estimate of drug-likeness (QED) is 0.0813. The van der Waals surface area contributed by atoms with Crippen LogP contribution in [0.4, 0.5) is 0 Å². The van der Waals surface area contributed by atoms with E-state index in [1.54, 1.807) is 12.2 Å². The number of allylic oxidation sites excluding steroid dienone is 1. The van der Waals surface area contributed by atoms with Crippen LogP contribution in [0.2, 0.25) is 0 Å². The highest BCUT2D eigenvalue weighted by molar-refractivity contribution is 5.87. The minimum absolute atomic E-state index is 0.0289. The van der Waals surface area contributed by atoms with Gasteiger partial charge in [0.15, 0.2) is 0 Å². The molecule has 0 heterocycles. The van der Waals surface area contributed by atoms with E-state index in [1.807, 2.05) is 6.92 Å². The number of carbonyl (C=O) groups excluding carboxylic acids is 1. The molecule has 202 valence electrons. The van der Waals surface area contributed by atoms with E-state index in [0.717, 1.165) is 64.2 Å². The highest BCUT2D eigenvalue weighted by atomic mass is 16.9. The molecule has 0 aliphatic rings. The molecule has 0 aromatic carbocycles. The Morgan fingerprint density at radius 1 is 0.706 bits per heavy atom. The second-order valence-corrected chi connectivity index (χ2v) is 9.40. The largest absolute Gasteiger partial charge is 0.353 e. The van der Waals surface area contributed by atoms with Crippen LogP contribution in [0, 0.1) is 5.92 Å². The zero-order chi connectivity index (χ0) is 25.3. The van der Waals surface area contributed by atoms with Gasteiger partial charge in [-0.25, -0.2) is 0 Å². The fourth-order valence-electron chi connectivity index (χ4n) is 3.99. The summed E-state index contributed by atoms with van der Waals surface area (Å²) >= 11 is 0. The Morgan fingerprint density at radius 3 is 1.68 bits per heavy atom. The fourth-order valence-corrected chi connectivity index (χ4v) is 3.99. The molecule has 0 saturated carbocycles. The van der Waals surface area contributed by atoms with Crippen molar-refractivity contribution in [3.05, 3.63) is 12.2 Å². The molecule has 1 N–H and O–H groups in total. The molecule has 5 heteroatoms. The number of unbranched alkanes of at least 4 members (excludes halogenated alkanes) is 8. The molecule has 0 aliphatic heterocycles. The van der Waals surface area contributed by atoms with Crippen LogP contribution in [-0.2, 0) is 19.0 Å². The van der Waals surface area contributed by atoms with E-state index in [4.69, 9.17) is 14.2 Å². The summed E-state index contributed by atoms with van der Waals surface area (Å²) in [5.74, 6) is -0.849. The van der Waals surface area contributed by atoms with Crippen molar-refractivity contribution in [1.29, 1.82) is 0 Å². The van der Waals surface area contributed by atoms with Crippen LogP contribution >= 0.6 is 0 Å². The monoisotopic (exact) mass is 483 g/mol. The Morgan fingerprint density at radius 2 is 1.18 bits per heavy atom. The van der Waals surface area contributed by atoms with E-state index in [2.05, 4.69) is 33.0 Å². The van der Waals surface area contributed by atoms with E-state index in [1.165, 1.54) is 32.1 Å². The predicted octanol–water partition coefficient (Wildman–Crippen LogP) is 7.93. The zero-order valence-electron chi connectivity index (χ0n) is 23.3. The van der Waals surface area contributed by atoms with Crippen molar-refractivity contribution in [2.45, 2.75) is 137 Å². The number of nitrogens with one attached hydrogen (secondary N) is 1. The van der Waals surface area contributed by atoms with Gasteiger partial charge in [-0.1, -0.05) is 91.6 Å². The first-order chi connectivity index (χ1) is 16.6. The van der Waals surface area contributed by atoms with Crippen LogP contribution < -0.4 is 5.32 Å². The van der Waals surface area contributed by atoms with Crippen LogP contribution in [0.3, 0.4) is 0 Å². The summed E-state index contributed by atoms with van der Waals surface area (Å²) in [4.78, 5) is 11.8. The van der Waals surface area contributed by atoms with Gasteiger partial charge in [0.05, 0.1) is 19.8 Å². The third-order valence-corrected chi connectivity index (χ3v) is 6.16. The Kier molecular flexibility index (Phi) is 23.2. The molecule has 34 heavy (non-hydrogen) atoms. The van der Waals surface area contributed by atoms with E-state index >= 15 is 0 Å². The smallest absolute Gasteiger partial charge is 0.285 e. The van der Waals surface area contributed by atoms with Gasteiger partial charge in [0.1, 0.15) is 0 Å². The lowest BCUT2D eigenvalue weighted by atomic mass is 9.92. The van der Waals surface area contributed by atoms with Crippen LogP contribution in [0.1, 0.15) is 131 Å². The summed E-state index contributed by atoms with van der Waals surface area (Å²) in [6, 6.07) is 0. The van der Waals surface area contributed by atoms with Gasteiger partial charge in [0.2, 0.25) is 5.91 Å². The second-order valence-electron chi connectivity index (χ2n) is 9.40. The first-order valence-corrected chi connectivity index (χ1v) is 14.4. The molecule has 0 saturated heterocycles. The van der Waals surface area contributed by atoms with Crippen molar-refractivity contribution >= 4 is 5.91 Å². The third kappa shape index (κ3) is 16.7. The Bertz CT molecular complexity index is 454. The Labute approximate surface area is 211 Å². The van der Waals surface area contributed by atoms with Gasteiger partial charge in [-0.05, 0) is 51.5 Å². The number of carbonyl (C=O) groups is 1. The van der Waals surface area contributed by atoms with Crippen molar-refractivity contribution in [3.8, 4) is 0 Å². The average molecular weight is 484 g/mol. The van der Waals surface area contributed by atoms with Crippen LogP contribution in [0.15, 0.2) is 12.2 Å². The normalized spacial score (nSPS) is 13.0. The van der Waals surface area contributed by atoms with Crippen LogP contribution in [0.25, 0.3) is 0 Å². The maximum absolute atomic E-state index is 11.8. The molecule has 0 bridgehead atoms. The molecule has 1 amide bonds. The summed E-state index contributed by atoms with van der Waals surface area (Å²) in [7, 11) is 0. The topological polar surface area (TPSA) is 56.8 Å². The minimum Gasteiger partial charge on any atom is -0.353 e.